The summed E-state index contributed by atoms with van der Waals surface area (Å²) >= 11 is 0. The lowest BCUT2D eigenvalue weighted by molar-refractivity contribution is -0.119. The van der Waals surface area contributed by atoms with E-state index in [2.05, 4.69) is 4.98 Å². The van der Waals surface area contributed by atoms with Crippen LogP contribution in [0.25, 0.3) is 11.2 Å². The van der Waals surface area contributed by atoms with Crippen molar-refractivity contribution in [1.29, 1.82) is 0 Å². The molecular weight excluding hydrogens is 384 g/mol. The van der Waals surface area contributed by atoms with Crippen LogP contribution in [0.4, 0.5) is 11.4 Å². The lowest BCUT2D eigenvalue weighted by Gasteiger charge is -2.30. The van der Waals surface area contributed by atoms with Gasteiger partial charge in [-0.3, -0.25) is 14.2 Å². The summed E-state index contributed by atoms with van der Waals surface area (Å²) in [5.74, 6) is -0.317. The molecule has 1 aromatic carbocycles. The highest BCUT2D eigenvalue weighted by Gasteiger charge is 2.25. The topological polar surface area (TPSA) is 108 Å². The number of hydrogen-bond donors (Lipinski definition) is 1. The first-order chi connectivity index (χ1) is 12.9. The second kappa shape index (κ2) is 7.16. The Balaban J connectivity index is 0.00000225. The molecule has 1 amide bonds. The molecule has 3 aromatic rings. The Bertz CT molecular complexity index is 1190. The number of amides is 1. The van der Waals surface area contributed by atoms with Crippen molar-refractivity contribution in [1.82, 2.24) is 18.7 Å². The third kappa shape index (κ3) is 2.88. The fourth-order valence-electron chi connectivity index (χ4n) is 3.67. The summed E-state index contributed by atoms with van der Waals surface area (Å²) in [6.45, 7) is 0.194. The first-order valence-electron chi connectivity index (χ1n) is 8.68. The number of rotatable bonds is 2. The molecule has 148 valence electrons. The minimum absolute atomic E-state index is 0. The average Bonchev–Trinajstić information content (AvgIpc) is 3.05. The number of nitrogen functional groups attached to an aromatic ring is 1. The number of halogens is 1. The van der Waals surface area contributed by atoms with E-state index in [1.807, 2.05) is 12.1 Å². The van der Waals surface area contributed by atoms with E-state index in [4.69, 9.17) is 5.73 Å². The molecule has 0 unspecified atom stereocenters. The number of aromatic nitrogens is 4. The number of carbonyl (C=O) groups excluding carboxylic acids is 1. The molecule has 0 saturated carbocycles. The van der Waals surface area contributed by atoms with E-state index in [-0.39, 0.29) is 30.4 Å². The predicted octanol–water partition coefficient (Wildman–Crippen LogP) is 0.417. The van der Waals surface area contributed by atoms with Crippen molar-refractivity contribution in [3.05, 3.63) is 50.9 Å². The first-order valence-corrected chi connectivity index (χ1v) is 8.68. The Hall–Kier alpha value is -3.07. The maximum Gasteiger partial charge on any atom is 0.332 e. The number of benzene rings is 1. The first kappa shape index (κ1) is 19.7. The zero-order valence-corrected chi connectivity index (χ0v) is 16.4. The normalized spacial score (nSPS) is 13.3. The fourth-order valence-corrected chi connectivity index (χ4v) is 3.67. The Kier molecular flexibility index (Phi) is 5.03. The number of hydrogen-bond acceptors (Lipinski definition) is 5. The van der Waals surface area contributed by atoms with E-state index in [0.717, 1.165) is 28.7 Å². The van der Waals surface area contributed by atoms with Crippen LogP contribution < -0.4 is 21.9 Å². The van der Waals surface area contributed by atoms with Gasteiger partial charge in [0.1, 0.15) is 6.54 Å². The van der Waals surface area contributed by atoms with E-state index < -0.39 is 11.2 Å². The molecule has 4 rings (SSSR count). The summed E-state index contributed by atoms with van der Waals surface area (Å²) in [5.41, 5.74) is 7.86. The van der Waals surface area contributed by atoms with Crippen LogP contribution in [-0.2, 0) is 31.9 Å². The summed E-state index contributed by atoms with van der Waals surface area (Å²) in [4.78, 5) is 44.1. The highest BCUT2D eigenvalue weighted by atomic mass is 35.5. The van der Waals surface area contributed by atoms with E-state index in [9.17, 15) is 14.4 Å². The molecule has 0 atom stereocenters. The summed E-state index contributed by atoms with van der Waals surface area (Å²) < 4.78 is 3.80. The molecule has 0 spiro atoms. The maximum absolute atomic E-state index is 13.0. The van der Waals surface area contributed by atoms with Gasteiger partial charge in [0, 0.05) is 32.0 Å². The van der Waals surface area contributed by atoms with Crippen molar-refractivity contribution in [2.45, 2.75) is 19.4 Å². The van der Waals surface area contributed by atoms with Crippen molar-refractivity contribution in [2.75, 3.05) is 17.2 Å². The number of nitrogens with two attached hydrogens (primary N) is 1. The minimum Gasteiger partial charge on any atom is -0.398 e. The molecule has 0 bridgehead atoms. The van der Waals surface area contributed by atoms with Crippen LogP contribution in [0.5, 0.6) is 0 Å². The standard InChI is InChI=1S/C18H20N6O3.ClH/c1-21-10-20-16-15(21)17(26)24(18(27)22(16)2)9-14(25)23-8-4-5-11-12(19)6-3-7-13(11)23;/h3,6-7,10H,4-5,8-9,19H2,1-2H3;1H. The van der Waals surface area contributed by atoms with Crippen molar-refractivity contribution in [3.63, 3.8) is 0 Å². The molecule has 0 fully saturated rings. The monoisotopic (exact) mass is 404 g/mol. The zero-order valence-electron chi connectivity index (χ0n) is 15.6. The number of fused-ring (bicyclic) bond motifs is 2. The molecule has 28 heavy (non-hydrogen) atoms. The van der Waals surface area contributed by atoms with Gasteiger partial charge in [0.15, 0.2) is 11.2 Å². The third-order valence-electron chi connectivity index (χ3n) is 5.08. The molecule has 1 aliphatic rings. The van der Waals surface area contributed by atoms with Gasteiger partial charge < -0.3 is 15.2 Å². The molecule has 3 heterocycles. The molecule has 2 N–H and O–H groups in total. The van der Waals surface area contributed by atoms with Gasteiger partial charge in [-0.25, -0.2) is 14.3 Å². The number of carbonyl (C=O) groups is 1. The third-order valence-corrected chi connectivity index (χ3v) is 5.08. The van der Waals surface area contributed by atoms with Crippen LogP contribution in [0.3, 0.4) is 0 Å². The van der Waals surface area contributed by atoms with E-state index in [1.54, 1.807) is 22.6 Å². The van der Waals surface area contributed by atoms with Crippen LogP contribution >= 0.6 is 12.4 Å². The van der Waals surface area contributed by atoms with Crippen molar-refractivity contribution in [3.8, 4) is 0 Å². The quantitative estimate of drug-likeness (QED) is 0.622. The molecule has 2 aromatic heterocycles. The minimum atomic E-state index is -0.565. The summed E-state index contributed by atoms with van der Waals surface area (Å²) in [6.07, 6.45) is 3.05. The van der Waals surface area contributed by atoms with E-state index in [1.165, 1.54) is 17.9 Å². The molecule has 0 saturated heterocycles. The van der Waals surface area contributed by atoms with Gasteiger partial charge in [-0.15, -0.1) is 12.4 Å². The van der Waals surface area contributed by atoms with Crippen molar-refractivity contribution < 1.29 is 4.79 Å². The highest BCUT2D eigenvalue weighted by molar-refractivity contribution is 5.95. The Morgan fingerprint density at radius 3 is 2.75 bits per heavy atom. The number of nitrogens with zero attached hydrogens (tertiary/aromatic N) is 5. The smallest absolute Gasteiger partial charge is 0.332 e. The molecule has 0 aliphatic carbocycles. The SMILES string of the molecule is Cl.Cn1cnc2c1c(=O)n(CC(=O)N1CCCc3c(N)cccc31)c(=O)n2C. The molecule has 10 heteroatoms. The van der Waals surface area contributed by atoms with Gasteiger partial charge in [-0.05, 0) is 30.5 Å². The molecular formula is C18H21ClN6O3. The van der Waals surface area contributed by atoms with E-state index in [0.29, 0.717) is 17.9 Å². The van der Waals surface area contributed by atoms with Gasteiger partial charge in [-0.2, -0.15) is 0 Å². The summed E-state index contributed by atoms with van der Waals surface area (Å²) in [6, 6.07) is 5.45. The lowest BCUT2D eigenvalue weighted by atomic mass is 10.00. The number of aryl methyl sites for hydroxylation is 2. The lowest BCUT2D eigenvalue weighted by Crippen LogP contribution is -2.45. The molecule has 1 aliphatic heterocycles. The Morgan fingerprint density at radius 2 is 2.00 bits per heavy atom. The average molecular weight is 405 g/mol. The number of imidazole rings is 1. The highest BCUT2D eigenvalue weighted by Crippen LogP contribution is 2.31. The van der Waals surface area contributed by atoms with Crippen LogP contribution in [0.1, 0.15) is 12.0 Å². The van der Waals surface area contributed by atoms with E-state index >= 15 is 0 Å². The van der Waals surface area contributed by atoms with Gasteiger partial charge in [0.2, 0.25) is 5.91 Å². The molecule has 9 nitrogen and oxygen atoms in total. The second-order valence-corrected chi connectivity index (χ2v) is 6.75. The van der Waals surface area contributed by atoms with Crippen LogP contribution in [0.2, 0.25) is 0 Å². The Morgan fingerprint density at radius 1 is 1.25 bits per heavy atom. The Labute approximate surface area is 166 Å². The largest absolute Gasteiger partial charge is 0.398 e. The summed E-state index contributed by atoms with van der Waals surface area (Å²) in [7, 11) is 3.21. The molecule has 0 radical (unpaired) electrons. The van der Waals surface area contributed by atoms with Crippen LogP contribution in [0, 0.1) is 0 Å². The zero-order chi connectivity index (χ0) is 19.3. The number of anilines is 2. The van der Waals surface area contributed by atoms with Gasteiger partial charge in [-0.1, -0.05) is 6.07 Å². The van der Waals surface area contributed by atoms with Crippen molar-refractivity contribution in [2.24, 2.45) is 14.1 Å². The predicted molar refractivity (Wildman–Crippen MR) is 109 cm³/mol. The second-order valence-electron chi connectivity index (χ2n) is 6.75. The van der Waals surface area contributed by atoms with Crippen LogP contribution in [-0.4, -0.2) is 31.1 Å². The summed E-state index contributed by atoms with van der Waals surface area (Å²) in [5, 5.41) is 0. The van der Waals surface area contributed by atoms with Gasteiger partial charge >= 0.3 is 5.69 Å². The fraction of sp³-hybridized carbons (Fsp3) is 0.333. The van der Waals surface area contributed by atoms with Gasteiger partial charge in [0.25, 0.3) is 5.56 Å². The van der Waals surface area contributed by atoms with Crippen molar-refractivity contribution >= 4 is 40.9 Å². The maximum atomic E-state index is 13.0. The van der Waals surface area contributed by atoms with Crippen LogP contribution in [0.15, 0.2) is 34.1 Å². The van der Waals surface area contributed by atoms with Gasteiger partial charge in [0.05, 0.1) is 6.33 Å².